The third kappa shape index (κ3) is 31.9. The van der Waals surface area contributed by atoms with E-state index in [-0.39, 0.29) is 18.5 Å². The second-order valence-electron chi connectivity index (χ2n) is 11.0. The number of rotatable bonds is 29. The van der Waals surface area contributed by atoms with E-state index in [4.69, 9.17) is 9.84 Å². The van der Waals surface area contributed by atoms with Crippen LogP contribution in [-0.2, 0) is 14.3 Å². The molecule has 0 aliphatic heterocycles. The zero-order valence-electron chi connectivity index (χ0n) is 27.0. The van der Waals surface area contributed by atoms with Gasteiger partial charge in [-0.25, -0.2) is 0 Å². The van der Waals surface area contributed by atoms with Gasteiger partial charge < -0.3 is 9.84 Å². The molecule has 0 aliphatic rings. The van der Waals surface area contributed by atoms with Crippen molar-refractivity contribution in [2.45, 2.75) is 155 Å². The quantitative estimate of drug-likeness (QED) is 0.0541. The molecule has 4 nitrogen and oxygen atoms in total. The van der Waals surface area contributed by atoms with Gasteiger partial charge in [0.25, 0.3) is 0 Å². The summed E-state index contributed by atoms with van der Waals surface area (Å²) < 4.78 is 5.85. The largest absolute Gasteiger partial charge is 0.481 e. The summed E-state index contributed by atoms with van der Waals surface area (Å²) in [6.07, 6.45) is 46.4. The van der Waals surface area contributed by atoms with Gasteiger partial charge in [0.15, 0.2) is 0 Å². The number of hydrogen-bond acceptors (Lipinski definition) is 3. The summed E-state index contributed by atoms with van der Waals surface area (Å²) in [4.78, 5) is 23.1. The molecule has 0 aromatic rings. The first kappa shape index (κ1) is 39.4. The normalized spacial score (nSPS) is 13.2. The maximum absolute atomic E-state index is 12.4. The fraction of sp³-hybridized carbons (Fsp3) is 0.632. The Morgan fingerprint density at radius 3 is 1.50 bits per heavy atom. The number of hydrogen-bond donors (Lipinski definition) is 1. The highest BCUT2D eigenvalue weighted by Gasteiger charge is 2.14. The van der Waals surface area contributed by atoms with Crippen LogP contribution in [0.1, 0.15) is 149 Å². The number of esters is 1. The second kappa shape index (κ2) is 32.9. The summed E-state index contributed by atoms with van der Waals surface area (Å²) in [5.74, 6) is -0.789. The topological polar surface area (TPSA) is 63.6 Å². The van der Waals surface area contributed by atoms with E-state index >= 15 is 0 Å². The first-order valence-electron chi connectivity index (χ1n) is 16.9. The van der Waals surface area contributed by atoms with Crippen molar-refractivity contribution in [3.8, 4) is 0 Å². The second-order valence-corrected chi connectivity index (χ2v) is 11.0. The minimum Gasteiger partial charge on any atom is -0.481 e. The smallest absolute Gasteiger partial charge is 0.306 e. The first-order valence-corrected chi connectivity index (χ1v) is 16.9. The third-order valence-electron chi connectivity index (χ3n) is 6.94. The number of unbranched alkanes of at least 4 members (excludes halogenated alkanes) is 8. The Hall–Kier alpha value is -2.62. The molecule has 0 radical (unpaired) electrons. The van der Waals surface area contributed by atoms with Crippen molar-refractivity contribution in [3.05, 3.63) is 72.9 Å². The molecule has 0 fully saturated rings. The zero-order chi connectivity index (χ0) is 30.8. The Morgan fingerprint density at radius 1 is 0.548 bits per heavy atom. The minimum atomic E-state index is -0.724. The molecule has 1 unspecified atom stereocenters. The molecular formula is C38H62O4. The molecule has 0 heterocycles. The SMILES string of the molecule is CC/C=C\C/C=C\C/C=C\C/C=C\C/C=C\C/C=C\CCCCC(=O)OC(CCCCCC)CCCCCCC(=O)O. The van der Waals surface area contributed by atoms with Gasteiger partial charge in [0.05, 0.1) is 0 Å². The number of carbonyl (C=O) groups is 2. The molecule has 4 heteroatoms. The molecule has 0 spiro atoms. The molecule has 0 bridgehead atoms. The lowest BCUT2D eigenvalue weighted by molar-refractivity contribution is -0.150. The predicted molar refractivity (Wildman–Crippen MR) is 181 cm³/mol. The van der Waals surface area contributed by atoms with Crippen molar-refractivity contribution in [1.82, 2.24) is 0 Å². The van der Waals surface area contributed by atoms with Crippen molar-refractivity contribution < 1.29 is 19.4 Å². The van der Waals surface area contributed by atoms with Gasteiger partial charge in [-0.05, 0) is 89.9 Å². The summed E-state index contributed by atoms with van der Waals surface area (Å²) >= 11 is 0. The fourth-order valence-electron chi connectivity index (χ4n) is 4.48. The van der Waals surface area contributed by atoms with Crippen molar-refractivity contribution >= 4 is 11.9 Å². The van der Waals surface area contributed by atoms with Crippen LogP contribution in [0.15, 0.2) is 72.9 Å². The Balaban J connectivity index is 3.92. The monoisotopic (exact) mass is 582 g/mol. The number of aliphatic carboxylic acids is 1. The highest BCUT2D eigenvalue weighted by atomic mass is 16.5. The van der Waals surface area contributed by atoms with E-state index in [0.717, 1.165) is 103 Å². The number of carbonyl (C=O) groups excluding carboxylic acids is 1. The van der Waals surface area contributed by atoms with Gasteiger partial charge in [0, 0.05) is 12.8 Å². The lowest BCUT2D eigenvalue weighted by Gasteiger charge is -2.18. The summed E-state index contributed by atoms with van der Waals surface area (Å²) in [5.41, 5.74) is 0. The van der Waals surface area contributed by atoms with Gasteiger partial charge in [-0.15, -0.1) is 0 Å². The van der Waals surface area contributed by atoms with E-state index in [9.17, 15) is 9.59 Å². The molecule has 1 N–H and O–H groups in total. The molecule has 0 aromatic carbocycles. The average molecular weight is 583 g/mol. The van der Waals surface area contributed by atoms with E-state index in [2.05, 4.69) is 86.8 Å². The van der Waals surface area contributed by atoms with Crippen LogP contribution in [0.5, 0.6) is 0 Å². The minimum absolute atomic E-state index is 0.0113. The van der Waals surface area contributed by atoms with Crippen molar-refractivity contribution in [2.75, 3.05) is 0 Å². The van der Waals surface area contributed by atoms with Gasteiger partial charge in [0.1, 0.15) is 6.10 Å². The molecule has 1 atom stereocenters. The van der Waals surface area contributed by atoms with E-state index in [1.54, 1.807) is 0 Å². The molecular weight excluding hydrogens is 520 g/mol. The van der Waals surface area contributed by atoms with Crippen LogP contribution in [0.3, 0.4) is 0 Å². The van der Waals surface area contributed by atoms with Crippen LogP contribution in [-0.4, -0.2) is 23.1 Å². The molecule has 0 saturated heterocycles. The summed E-state index contributed by atoms with van der Waals surface area (Å²) in [5, 5.41) is 8.76. The Morgan fingerprint density at radius 2 is 1.00 bits per heavy atom. The molecule has 0 aromatic heterocycles. The maximum atomic E-state index is 12.4. The average Bonchev–Trinajstić information content (AvgIpc) is 2.97. The molecule has 42 heavy (non-hydrogen) atoms. The van der Waals surface area contributed by atoms with Crippen LogP contribution in [0.4, 0.5) is 0 Å². The first-order chi connectivity index (χ1) is 20.6. The molecule has 0 rings (SSSR count). The van der Waals surface area contributed by atoms with Crippen LogP contribution in [0, 0.1) is 0 Å². The van der Waals surface area contributed by atoms with E-state index in [1.165, 1.54) is 19.3 Å². The predicted octanol–water partition coefficient (Wildman–Crippen LogP) is 11.6. The standard InChI is InChI=1S/C38H62O4/c1-3-5-7-9-10-11-12-13-14-15-16-17-18-19-20-21-22-23-24-25-31-35-38(41)42-36(32-28-8-6-4-2)33-29-26-27-30-34-37(39)40/h5,7,10-11,13-14,16-17,19-20,22-23,36H,3-4,6,8-9,12,15,18,21,24-35H2,1-2H3,(H,39,40)/b7-5-,11-10-,14-13-,17-16-,20-19-,23-22-. The van der Waals surface area contributed by atoms with Crippen LogP contribution < -0.4 is 0 Å². The van der Waals surface area contributed by atoms with Gasteiger partial charge in [0.2, 0.25) is 0 Å². The number of ether oxygens (including phenoxy) is 1. The number of carboxylic acid groups (broad SMARTS) is 1. The van der Waals surface area contributed by atoms with Crippen LogP contribution in [0.2, 0.25) is 0 Å². The zero-order valence-corrected chi connectivity index (χ0v) is 27.0. The Labute approximate surface area is 258 Å². The summed E-state index contributed by atoms with van der Waals surface area (Å²) in [6, 6.07) is 0. The lowest BCUT2D eigenvalue weighted by Crippen LogP contribution is -2.18. The highest BCUT2D eigenvalue weighted by Crippen LogP contribution is 2.17. The van der Waals surface area contributed by atoms with Gasteiger partial charge in [-0.1, -0.05) is 119 Å². The highest BCUT2D eigenvalue weighted by molar-refractivity contribution is 5.69. The van der Waals surface area contributed by atoms with Crippen molar-refractivity contribution in [1.29, 1.82) is 0 Å². The van der Waals surface area contributed by atoms with Gasteiger partial charge in [-0.2, -0.15) is 0 Å². The maximum Gasteiger partial charge on any atom is 0.306 e. The van der Waals surface area contributed by atoms with E-state index in [1.807, 2.05) is 0 Å². The Bertz CT molecular complexity index is 800. The van der Waals surface area contributed by atoms with Gasteiger partial charge in [-0.3, -0.25) is 9.59 Å². The molecule has 238 valence electrons. The molecule has 0 amide bonds. The third-order valence-corrected chi connectivity index (χ3v) is 6.94. The van der Waals surface area contributed by atoms with Crippen LogP contribution in [0.25, 0.3) is 0 Å². The van der Waals surface area contributed by atoms with Gasteiger partial charge >= 0.3 is 11.9 Å². The number of carboxylic acids is 1. The fourth-order valence-corrected chi connectivity index (χ4v) is 4.48. The van der Waals surface area contributed by atoms with Crippen molar-refractivity contribution in [2.24, 2.45) is 0 Å². The number of allylic oxidation sites excluding steroid dienone is 12. The van der Waals surface area contributed by atoms with E-state index in [0.29, 0.717) is 6.42 Å². The molecule has 0 saturated carbocycles. The summed E-state index contributed by atoms with van der Waals surface area (Å²) in [6.45, 7) is 4.36. The lowest BCUT2D eigenvalue weighted by atomic mass is 10.0. The van der Waals surface area contributed by atoms with Crippen molar-refractivity contribution in [3.63, 3.8) is 0 Å². The Kier molecular flexibility index (Phi) is 30.8. The summed E-state index contributed by atoms with van der Waals surface area (Å²) in [7, 11) is 0. The van der Waals surface area contributed by atoms with Crippen LogP contribution >= 0.6 is 0 Å². The molecule has 0 aliphatic carbocycles. The van der Waals surface area contributed by atoms with E-state index < -0.39 is 5.97 Å².